The molecule has 0 saturated heterocycles. The third-order valence-electron chi connectivity index (χ3n) is 7.11. The maximum Gasteiger partial charge on any atom is 0.280 e. The first kappa shape index (κ1) is 35.7. The van der Waals surface area contributed by atoms with Crippen LogP contribution in [0.1, 0.15) is 67.9 Å². The fraction of sp³-hybridized carbons (Fsp3) is 0.484. The Balaban J connectivity index is 1.27. The maximum atomic E-state index is 12.5. The number of fused-ring (bicyclic) bond motifs is 1. The molecule has 46 heavy (non-hydrogen) atoms. The van der Waals surface area contributed by atoms with Crippen molar-refractivity contribution >= 4 is 34.6 Å². The van der Waals surface area contributed by atoms with Gasteiger partial charge in [0.1, 0.15) is 0 Å². The van der Waals surface area contributed by atoms with Crippen molar-refractivity contribution in [2.24, 2.45) is 11.6 Å². The maximum absolute atomic E-state index is 12.5. The normalized spacial score (nSPS) is 11.5. The van der Waals surface area contributed by atoms with Gasteiger partial charge in [0.2, 0.25) is 11.9 Å². The summed E-state index contributed by atoms with van der Waals surface area (Å²) in [4.78, 5) is 53.9. The third-order valence-corrected chi connectivity index (χ3v) is 7.11. The number of unbranched alkanes of at least 4 members (excludes halogenated alkanes) is 3. The zero-order valence-corrected chi connectivity index (χ0v) is 26.8. The number of rotatable bonds is 20. The summed E-state index contributed by atoms with van der Waals surface area (Å²) in [6.07, 6.45) is 9.54. The number of hydrogen-bond donors (Lipinski definition) is 7. The van der Waals surface area contributed by atoms with Gasteiger partial charge in [0, 0.05) is 42.7 Å². The molecule has 1 aromatic carbocycles. The number of nitrogens with zero attached hydrogens (tertiary/aromatic N) is 5. The molecule has 2 heterocycles. The van der Waals surface area contributed by atoms with E-state index >= 15 is 0 Å². The second-order valence-corrected chi connectivity index (χ2v) is 11.2. The van der Waals surface area contributed by atoms with Crippen molar-refractivity contribution in [3.63, 3.8) is 0 Å². The Hall–Kier alpha value is -4.76. The second kappa shape index (κ2) is 18.9. The lowest BCUT2D eigenvalue weighted by atomic mass is 10.2. The quantitative estimate of drug-likeness (QED) is 0.0531. The molecule has 0 bridgehead atoms. The molecular formula is C31H48N12O3. The van der Waals surface area contributed by atoms with Crippen LogP contribution in [0.25, 0.3) is 11.2 Å². The molecule has 0 atom stereocenters. The number of nitrogens with two attached hydrogens (primary N) is 3. The molecular weight excluding hydrogens is 588 g/mol. The van der Waals surface area contributed by atoms with Gasteiger partial charge in [-0.1, -0.05) is 19.8 Å². The molecule has 10 N–H and O–H groups in total. The standard InChI is InChI=1S/C31H48N12O3/c1-3-15-42(2)16-6-4-5-7-17-43(34)21-23(32)18-37-26(44)9-8-14-35-29(45)22-10-12-24(13-11-22)36-19-25-20-38-28-27(39-25)30(46)41-31(33)40-28/h10-13,20-21,36H,3-9,14-19,32,34H2,1-2H3,(H,35,45)(H,37,44)(H3,33,38,40,41,46)/b23-21-. The molecule has 15 heteroatoms. The Kier molecular flexibility index (Phi) is 14.7. The number of aromatic nitrogens is 4. The number of H-pyrrole nitrogens is 1. The molecule has 2 amide bonds. The molecule has 0 unspecified atom stereocenters. The Morgan fingerprint density at radius 1 is 1.00 bits per heavy atom. The summed E-state index contributed by atoms with van der Waals surface area (Å²) in [6.45, 7) is 6.03. The van der Waals surface area contributed by atoms with Crippen LogP contribution in [0.5, 0.6) is 0 Å². The van der Waals surface area contributed by atoms with Gasteiger partial charge in [-0.2, -0.15) is 4.98 Å². The van der Waals surface area contributed by atoms with E-state index in [1.165, 1.54) is 25.5 Å². The van der Waals surface area contributed by atoms with E-state index in [0.29, 0.717) is 43.0 Å². The van der Waals surface area contributed by atoms with Crippen LogP contribution in [0.4, 0.5) is 11.6 Å². The zero-order chi connectivity index (χ0) is 33.3. The van der Waals surface area contributed by atoms with E-state index in [1.54, 1.807) is 35.5 Å². The van der Waals surface area contributed by atoms with Crippen molar-refractivity contribution in [3.05, 3.63) is 64.0 Å². The molecule has 2 aromatic heterocycles. The monoisotopic (exact) mass is 636 g/mol. The van der Waals surface area contributed by atoms with Crippen LogP contribution in [-0.2, 0) is 11.3 Å². The van der Waals surface area contributed by atoms with Crippen molar-refractivity contribution in [3.8, 4) is 0 Å². The van der Waals surface area contributed by atoms with E-state index in [-0.39, 0.29) is 41.9 Å². The first-order valence-corrected chi connectivity index (χ1v) is 15.7. The lowest BCUT2D eigenvalue weighted by Gasteiger charge is -2.16. The first-order valence-electron chi connectivity index (χ1n) is 15.7. The molecule has 3 rings (SSSR count). The van der Waals surface area contributed by atoms with Crippen LogP contribution in [0, 0.1) is 0 Å². The van der Waals surface area contributed by atoms with Gasteiger partial charge in [-0.3, -0.25) is 19.4 Å². The second-order valence-electron chi connectivity index (χ2n) is 11.2. The lowest BCUT2D eigenvalue weighted by molar-refractivity contribution is -0.121. The minimum atomic E-state index is -0.457. The van der Waals surface area contributed by atoms with Crippen LogP contribution in [0.2, 0.25) is 0 Å². The molecule has 250 valence electrons. The highest BCUT2D eigenvalue weighted by molar-refractivity contribution is 5.94. The van der Waals surface area contributed by atoms with E-state index in [0.717, 1.165) is 31.6 Å². The summed E-state index contributed by atoms with van der Waals surface area (Å²) in [6, 6.07) is 6.91. The largest absolute Gasteiger partial charge is 0.399 e. The number of amides is 2. The number of anilines is 2. The number of carbonyl (C=O) groups is 2. The number of nitrogens with one attached hydrogen (secondary N) is 4. The van der Waals surface area contributed by atoms with E-state index in [9.17, 15) is 14.4 Å². The lowest BCUT2D eigenvalue weighted by Crippen LogP contribution is -2.32. The number of hydrogen-bond acceptors (Lipinski definition) is 12. The minimum Gasteiger partial charge on any atom is -0.399 e. The molecule has 3 aromatic rings. The molecule has 0 radical (unpaired) electrons. The minimum absolute atomic E-state index is 0.0191. The average molecular weight is 637 g/mol. The van der Waals surface area contributed by atoms with Crippen LogP contribution in [-0.4, -0.2) is 81.4 Å². The van der Waals surface area contributed by atoms with Gasteiger partial charge < -0.3 is 37.3 Å². The molecule has 0 aliphatic rings. The van der Waals surface area contributed by atoms with Crippen LogP contribution in [0.15, 0.2) is 47.2 Å². The predicted octanol–water partition coefficient (Wildman–Crippen LogP) is 1.41. The third kappa shape index (κ3) is 12.7. The highest BCUT2D eigenvalue weighted by Crippen LogP contribution is 2.12. The molecule has 0 fully saturated rings. The number of carbonyl (C=O) groups excluding carboxylic acids is 2. The van der Waals surface area contributed by atoms with Gasteiger partial charge in [-0.05, 0) is 70.1 Å². The highest BCUT2D eigenvalue weighted by atomic mass is 16.2. The van der Waals surface area contributed by atoms with Crippen molar-refractivity contribution in [2.45, 2.75) is 58.4 Å². The van der Waals surface area contributed by atoms with Gasteiger partial charge in [0.25, 0.3) is 11.5 Å². The zero-order valence-electron chi connectivity index (χ0n) is 26.8. The van der Waals surface area contributed by atoms with Crippen molar-refractivity contribution in [1.29, 1.82) is 0 Å². The Labute approximate surface area is 269 Å². The molecule has 0 aliphatic heterocycles. The fourth-order valence-corrected chi connectivity index (χ4v) is 4.68. The van der Waals surface area contributed by atoms with Crippen molar-refractivity contribution in [2.75, 3.05) is 50.8 Å². The summed E-state index contributed by atoms with van der Waals surface area (Å²) in [5.41, 5.74) is 13.6. The SMILES string of the molecule is CCCN(C)CCCCCCN(N)/C=C(\N)CNC(=O)CCCNC(=O)c1ccc(NCc2cnc3nc(N)[nH]c(=O)c3n2)cc1. The van der Waals surface area contributed by atoms with Crippen LogP contribution in [0.3, 0.4) is 0 Å². The molecule has 0 spiro atoms. The van der Waals surface area contributed by atoms with Crippen LogP contribution >= 0.6 is 0 Å². The number of benzene rings is 1. The van der Waals surface area contributed by atoms with Crippen LogP contribution < -0.4 is 38.8 Å². The first-order chi connectivity index (χ1) is 22.1. The van der Waals surface area contributed by atoms with E-state index < -0.39 is 5.56 Å². The Bertz CT molecular complexity index is 1490. The number of aromatic amines is 1. The van der Waals surface area contributed by atoms with E-state index in [4.69, 9.17) is 17.3 Å². The molecule has 15 nitrogen and oxygen atoms in total. The molecule has 0 aliphatic carbocycles. The average Bonchev–Trinajstić information content (AvgIpc) is 3.03. The van der Waals surface area contributed by atoms with Crippen molar-refractivity contribution < 1.29 is 9.59 Å². The highest BCUT2D eigenvalue weighted by Gasteiger charge is 2.09. The smallest absolute Gasteiger partial charge is 0.280 e. The van der Waals surface area contributed by atoms with E-state index in [1.807, 2.05) is 0 Å². The molecule has 0 saturated carbocycles. The van der Waals surface area contributed by atoms with Gasteiger partial charge in [-0.15, -0.1) is 0 Å². The van der Waals surface area contributed by atoms with Gasteiger partial charge >= 0.3 is 0 Å². The van der Waals surface area contributed by atoms with Gasteiger partial charge in [0.15, 0.2) is 11.2 Å². The topological polar surface area (TPSA) is 226 Å². The summed E-state index contributed by atoms with van der Waals surface area (Å²) in [7, 11) is 2.16. The van der Waals surface area contributed by atoms with Gasteiger partial charge in [0.05, 0.1) is 25.0 Å². The van der Waals surface area contributed by atoms with Crippen molar-refractivity contribution in [1.82, 2.24) is 40.5 Å². The van der Waals surface area contributed by atoms with E-state index in [2.05, 4.69) is 54.8 Å². The Morgan fingerprint density at radius 3 is 2.48 bits per heavy atom. The fourth-order valence-electron chi connectivity index (χ4n) is 4.68. The Morgan fingerprint density at radius 2 is 1.74 bits per heavy atom. The van der Waals surface area contributed by atoms with Gasteiger partial charge in [-0.25, -0.2) is 15.8 Å². The summed E-state index contributed by atoms with van der Waals surface area (Å²) >= 11 is 0. The summed E-state index contributed by atoms with van der Waals surface area (Å²) < 4.78 is 0. The number of hydrazine groups is 1. The predicted molar refractivity (Wildman–Crippen MR) is 180 cm³/mol. The summed E-state index contributed by atoms with van der Waals surface area (Å²) in [5, 5.41) is 10.4. The number of nitrogen functional groups attached to an aromatic ring is 1. The summed E-state index contributed by atoms with van der Waals surface area (Å²) in [5.74, 6) is 5.61.